The van der Waals surface area contributed by atoms with E-state index in [9.17, 15) is 9.18 Å². The fraction of sp³-hybridized carbons (Fsp3) is 0.400. The largest absolute Gasteiger partial charge is 0.353 e. The number of hydrogen-bond acceptors (Lipinski definition) is 5. The molecule has 8 heteroatoms. The quantitative estimate of drug-likeness (QED) is 0.468. The van der Waals surface area contributed by atoms with Gasteiger partial charge in [0, 0.05) is 24.8 Å². The first-order valence-electron chi connectivity index (χ1n) is 11.6. The number of carbonyl (C=O) groups excluding carboxylic acids is 1. The highest BCUT2D eigenvalue weighted by atomic mass is 32.2. The Morgan fingerprint density at radius 1 is 1.09 bits per heavy atom. The molecule has 0 bridgehead atoms. The maximum atomic E-state index is 14.5. The van der Waals surface area contributed by atoms with Crippen LogP contribution in [0.3, 0.4) is 0 Å². The molecule has 174 valence electrons. The van der Waals surface area contributed by atoms with Crippen molar-refractivity contribution >= 4 is 17.7 Å². The molecule has 1 fully saturated rings. The van der Waals surface area contributed by atoms with Crippen molar-refractivity contribution in [2.24, 2.45) is 0 Å². The zero-order valence-electron chi connectivity index (χ0n) is 18.9. The van der Waals surface area contributed by atoms with Crippen LogP contribution in [0.1, 0.15) is 32.6 Å². The first-order valence-corrected chi connectivity index (χ1v) is 12.5. The van der Waals surface area contributed by atoms with Crippen LogP contribution in [0.4, 0.5) is 4.39 Å². The summed E-state index contributed by atoms with van der Waals surface area (Å²) in [6, 6.07) is 16.3. The molecule has 1 aliphatic heterocycles. The van der Waals surface area contributed by atoms with Gasteiger partial charge in [0.05, 0.1) is 11.3 Å². The highest BCUT2D eigenvalue weighted by Gasteiger charge is 2.22. The van der Waals surface area contributed by atoms with Crippen LogP contribution in [-0.2, 0) is 4.79 Å². The molecule has 1 aliphatic rings. The predicted octanol–water partition coefficient (Wildman–Crippen LogP) is 4.55. The van der Waals surface area contributed by atoms with Crippen molar-refractivity contribution in [3.63, 3.8) is 0 Å². The molecular formula is C25H30FN5OS. The number of carbonyl (C=O) groups is 1. The van der Waals surface area contributed by atoms with E-state index in [-0.39, 0.29) is 23.5 Å². The number of nitrogens with one attached hydrogen (secondary N) is 1. The molecular weight excluding hydrogens is 437 g/mol. The number of para-hydroxylation sites is 1. The number of rotatable bonds is 9. The first kappa shape index (κ1) is 23.4. The Hall–Kier alpha value is -2.71. The van der Waals surface area contributed by atoms with Gasteiger partial charge < -0.3 is 10.2 Å². The Labute approximate surface area is 198 Å². The molecule has 3 aromatic rings. The van der Waals surface area contributed by atoms with Gasteiger partial charge in [0.2, 0.25) is 5.91 Å². The summed E-state index contributed by atoms with van der Waals surface area (Å²) in [5, 5.41) is 12.3. The molecule has 4 rings (SSSR count). The van der Waals surface area contributed by atoms with Gasteiger partial charge >= 0.3 is 0 Å². The second-order valence-electron chi connectivity index (χ2n) is 8.28. The monoisotopic (exact) mass is 467 g/mol. The van der Waals surface area contributed by atoms with Crippen LogP contribution in [0.25, 0.3) is 17.1 Å². The Morgan fingerprint density at radius 3 is 2.55 bits per heavy atom. The minimum Gasteiger partial charge on any atom is -0.353 e. The van der Waals surface area contributed by atoms with E-state index >= 15 is 0 Å². The predicted molar refractivity (Wildman–Crippen MR) is 130 cm³/mol. The Balaban J connectivity index is 1.42. The molecule has 0 aliphatic carbocycles. The number of benzene rings is 2. The number of unbranched alkanes of at least 4 members (excludes halogenated alkanes) is 1. The topological polar surface area (TPSA) is 63.1 Å². The van der Waals surface area contributed by atoms with Gasteiger partial charge in [-0.1, -0.05) is 55.4 Å². The Bertz CT molecular complexity index is 1050. The molecule has 1 aromatic heterocycles. The molecule has 0 atom stereocenters. The lowest BCUT2D eigenvalue weighted by atomic mass is 10.0. The van der Waals surface area contributed by atoms with Crippen LogP contribution < -0.4 is 5.32 Å². The van der Waals surface area contributed by atoms with Crippen molar-refractivity contribution in [3.05, 3.63) is 60.4 Å². The maximum Gasteiger partial charge on any atom is 0.230 e. The van der Waals surface area contributed by atoms with Gasteiger partial charge in [-0.3, -0.25) is 9.36 Å². The lowest BCUT2D eigenvalue weighted by Crippen LogP contribution is -2.45. The number of hydrogen-bond donors (Lipinski definition) is 1. The van der Waals surface area contributed by atoms with Crippen LogP contribution in [0, 0.1) is 5.82 Å². The molecule has 33 heavy (non-hydrogen) atoms. The number of aromatic nitrogens is 3. The lowest BCUT2D eigenvalue weighted by molar-refractivity contribution is -0.119. The van der Waals surface area contributed by atoms with Crippen LogP contribution in [0.15, 0.2) is 59.8 Å². The van der Waals surface area contributed by atoms with Gasteiger partial charge in [0.15, 0.2) is 11.0 Å². The van der Waals surface area contributed by atoms with Gasteiger partial charge in [-0.2, -0.15) is 0 Å². The third-order valence-corrected chi connectivity index (χ3v) is 6.80. The summed E-state index contributed by atoms with van der Waals surface area (Å²) in [4.78, 5) is 15.1. The number of piperidine rings is 1. The van der Waals surface area contributed by atoms with Gasteiger partial charge in [-0.15, -0.1) is 10.2 Å². The zero-order chi connectivity index (χ0) is 23.0. The number of nitrogens with zero attached hydrogens (tertiary/aromatic N) is 4. The van der Waals surface area contributed by atoms with Crippen LogP contribution >= 0.6 is 11.8 Å². The van der Waals surface area contributed by atoms with Crippen molar-refractivity contribution in [2.75, 3.05) is 25.4 Å². The average Bonchev–Trinajstić information content (AvgIpc) is 3.27. The minimum atomic E-state index is -0.360. The Kier molecular flexibility index (Phi) is 8.12. The first-order chi connectivity index (χ1) is 16.2. The van der Waals surface area contributed by atoms with Crippen molar-refractivity contribution in [1.29, 1.82) is 0 Å². The van der Waals surface area contributed by atoms with E-state index < -0.39 is 0 Å². The summed E-state index contributed by atoms with van der Waals surface area (Å²) < 4.78 is 16.3. The highest BCUT2D eigenvalue weighted by Crippen LogP contribution is 2.29. The summed E-state index contributed by atoms with van der Waals surface area (Å²) in [5.41, 5.74) is 1.20. The van der Waals surface area contributed by atoms with E-state index in [1.54, 1.807) is 18.2 Å². The Morgan fingerprint density at radius 2 is 1.82 bits per heavy atom. The number of likely N-dealkylation sites (tertiary alicyclic amines) is 1. The minimum absolute atomic E-state index is 0.0120. The summed E-state index contributed by atoms with van der Waals surface area (Å²) >= 11 is 1.32. The van der Waals surface area contributed by atoms with E-state index in [0.717, 1.165) is 38.2 Å². The summed E-state index contributed by atoms with van der Waals surface area (Å²) in [6.07, 6.45) is 4.40. The molecule has 0 radical (unpaired) electrons. The average molecular weight is 468 g/mol. The fourth-order valence-electron chi connectivity index (χ4n) is 4.07. The zero-order valence-corrected chi connectivity index (χ0v) is 19.7. The van der Waals surface area contributed by atoms with Crippen LogP contribution in [0.2, 0.25) is 0 Å². The van der Waals surface area contributed by atoms with E-state index in [0.29, 0.717) is 16.5 Å². The third kappa shape index (κ3) is 6.00. The number of thioether (sulfide) groups is 1. The molecule has 6 nitrogen and oxygen atoms in total. The van der Waals surface area contributed by atoms with Gasteiger partial charge in [-0.05, 0) is 50.1 Å². The van der Waals surface area contributed by atoms with Gasteiger partial charge in [-0.25, -0.2) is 4.39 Å². The van der Waals surface area contributed by atoms with Crippen molar-refractivity contribution in [2.45, 2.75) is 43.8 Å². The molecule has 1 N–H and O–H groups in total. The van der Waals surface area contributed by atoms with Crippen LogP contribution in [-0.4, -0.2) is 57.0 Å². The molecule has 0 saturated carbocycles. The number of halogens is 1. The van der Waals surface area contributed by atoms with Crippen LogP contribution in [0.5, 0.6) is 0 Å². The van der Waals surface area contributed by atoms with E-state index in [1.165, 1.54) is 30.7 Å². The summed E-state index contributed by atoms with van der Waals surface area (Å²) in [5.74, 6) is 0.281. The van der Waals surface area contributed by atoms with E-state index in [2.05, 4.69) is 27.3 Å². The van der Waals surface area contributed by atoms with Gasteiger partial charge in [0.1, 0.15) is 5.82 Å². The third-order valence-electron chi connectivity index (χ3n) is 5.88. The maximum absolute atomic E-state index is 14.5. The molecule has 1 saturated heterocycles. The SMILES string of the molecule is CCCCN1CCC(NC(=O)CSc2nnc(-c3ccccc3F)n2-c2ccccc2)CC1. The summed E-state index contributed by atoms with van der Waals surface area (Å²) in [6.45, 7) is 5.42. The van der Waals surface area contributed by atoms with E-state index in [1.807, 2.05) is 34.9 Å². The molecule has 2 aromatic carbocycles. The lowest BCUT2D eigenvalue weighted by Gasteiger charge is -2.32. The normalized spacial score (nSPS) is 15.0. The fourth-order valence-corrected chi connectivity index (χ4v) is 4.84. The second kappa shape index (κ2) is 11.4. The smallest absolute Gasteiger partial charge is 0.230 e. The van der Waals surface area contributed by atoms with E-state index in [4.69, 9.17) is 0 Å². The van der Waals surface area contributed by atoms with Crippen molar-refractivity contribution in [3.8, 4) is 17.1 Å². The van der Waals surface area contributed by atoms with Crippen molar-refractivity contribution < 1.29 is 9.18 Å². The molecule has 2 heterocycles. The van der Waals surface area contributed by atoms with Crippen molar-refractivity contribution in [1.82, 2.24) is 25.0 Å². The molecule has 0 unspecified atom stereocenters. The molecule has 0 spiro atoms. The van der Waals surface area contributed by atoms with Gasteiger partial charge in [0.25, 0.3) is 0 Å². The molecule has 1 amide bonds. The summed E-state index contributed by atoms with van der Waals surface area (Å²) in [7, 11) is 0. The highest BCUT2D eigenvalue weighted by molar-refractivity contribution is 7.99. The standard InChI is InChI=1S/C25H30FN5OS/c1-2-3-15-30-16-13-19(14-17-30)27-23(32)18-33-25-29-28-24(21-11-7-8-12-22(21)26)31(25)20-9-5-4-6-10-20/h4-12,19H,2-3,13-18H2,1H3,(H,27,32). The second-order valence-corrected chi connectivity index (χ2v) is 9.23. The number of amides is 1.